The largest absolute Gasteiger partial charge is 0.463 e. The lowest BCUT2D eigenvalue weighted by molar-refractivity contribution is -0.208. The number of thioether (sulfide) groups is 1. The summed E-state index contributed by atoms with van der Waals surface area (Å²) in [6, 6.07) is 4.77. The molecule has 0 radical (unpaired) electrons. The second-order valence-corrected chi connectivity index (χ2v) is 11.1. The molecule has 0 spiro atoms. The van der Waals surface area contributed by atoms with Gasteiger partial charge in [0.1, 0.15) is 58.7 Å². The molecule has 5 atom stereocenters. The second kappa shape index (κ2) is 13.2. The number of carbonyl (C=O) groups is 2. The van der Waals surface area contributed by atoms with Crippen molar-refractivity contribution in [2.45, 2.75) is 48.5 Å². The van der Waals surface area contributed by atoms with Gasteiger partial charge in [0.25, 0.3) is 0 Å². The van der Waals surface area contributed by atoms with Crippen LogP contribution in [0.3, 0.4) is 0 Å². The van der Waals surface area contributed by atoms with Gasteiger partial charge in [-0.1, -0.05) is 28.6 Å². The number of hydrogen-bond donors (Lipinski definition) is 0. The van der Waals surface area contributed by atoms with Crippen LogP contribution >= 0.6 is 39.3 Å². The first-order chi connectivity index (χ1) is 19.5. The molecule has 0 aliphatic carbocycles. The molecule has 216 valence electrons. The van der Waals surface area contributed by atoms with Crippen molar-refractivity contribution in [3.8, 4) is 17.3 Å². The first kappa shape index (κ1) is 30.8. The molecule has 0 N–H and O–H groups in total. The van der Waals surface area contributed by atoms with Crippen molar-refractivity contribution in [3.05, 3.63) is 57.4 Å². The molecule has 11 nitrogen and oxygen atoms in total. The minimum atomic E-state index is -1.11. The number of benzene rings is 1. The maximum atomic E-state index is 14.2. The number of carbonyl (C=O) groups excluding carboxylic acids is 2. The number of halogens is 4. The smallest absolute Gasteiger partial charge is 0.303 e. The Labute approximate surface area is 250 Å². The third-order valence-electron chi connectivity index (χ3n) is 5.91. The van der Waals surface area contributed by atoms with Gasteiger partial charge in [0.05, 0.1) is 6.20 Å². The van der Waals surface area contributed by atoms with Crippen LogP contribution < -0.4 is 0 Å². The maximum Gasteiger partial charge on any atom is 0.303 e. The Morgan fingerprint density at radius 3 is 2.54 bits per heavy atom. The van der Waals surface area contributed by atoms with Gasteiger partial charge in [0.15, 0.2) is 11.8 Å². The molecule has 41 heavy (non-hydrogen) atoms. The monoisotopic (exact) mass is 671 g/mol. The van der Waals surface area contributed by atoms with Gasteiger partial charge in [-0.15, -0.1) is 5.10 Å². The summed E-state index contributed by atoms with van der Waals surface area (Å²) < 4.78 is 53.1. The van der Waals surface area contributed by atoms with Crippen molar-refractivity contribution in [2.75, 3.05) is 13.7 Å². The predicted octanol–water partition coefficient (Wildman–Crippen LogP) is 4.47. The normalized spacial score (nSPS) is 22.1. The zero-order valence-electron chi connectivity index (χ0n) is 21.6. The van der Waals surface area contributed by atoms with Crippen LogP contribution in [0.2, 0.25) is 5.02 Å². The number of hydrogen-bond acceptors (Lipinski definition) is 11. The predicted molar refractivity (Wildman–Crippen MR) is 144 cm³/mol. The van der Waals surface area contributed by atoms with Crippen molar-refractivity contribution >= 4 is 51.2 Å². The van der Waals surface area contributed by atoms with E-state index in [9.17, 15) is 23.6 Å². The molecular formula is C25H21BrClF2N5O6S. The highest BCUT2D eigenvalue weighted by Crippen LogP contribution is 2.42. The molecule has 4 rings (SSSR count). The third-order valence-corrected chi connectivity index (χ3v) is 7.88. The zero-order valence-corrected chi connectivity index (χ0v) is 24.7. The van der Waals surface area contributed by atoms with E-state index in [0.717, 1.165) is 23.9 Å². The average Bonchev–Trinajstić information content (AvgIpc) is 3.40. The molecule has 0 saturated carbocycles. The minimum Gasteiger partial charge on any atom is -0.463 e. The molecule has 1 aliphatic rings. The molecule has 16 heteroatoms. The van der Waals surface area contributed by atoms with E-state index in [4.69, 9.17) is 30.5 Å². The van der Waals surface area contributed by atoms with E-state index in [-0.39, 0.29) is 23.6 Å². The number of methoxy groups -OCH3 is 1. The third kappa shape index (κ3) is 7.02. The standard InChI is InChI=1S/C25H21BrClF2N5O6S/c1-11(35)38-10-19-23(39-12(2)36)22(34-9-18(32-33-34)13-4-15(28)21(27)16(29)5-13)24(37-3)25(40-19)41-20-6-14(26)8-31-17(20)7-30/h4-6,8-9,19,22-25H,10H2,1-3H3/t19-,22+,23+,24-,25-/m1/s1. The summed E-state index contributed by atoms with van der Waals surface area (Å²) >= 11 is 10.1. The molecule has 3 heterocycles. The number of nitrogens with zero attached hydrogens (tertiary/aromatic N) is 5. The lowest BCUT2D eigenvalue weighted by Gasteiger charge is -2.44. The Hall–Kier alpha value is -3.16. The highest BCUT2D eigenvalue weighted by atomic mass is 79.9. The Kier molecular flexibility index (Phi) is 9.92. The van der Waals surface area contributed by atoms with Gasteiger partial charge in [0, 0.05) is 42.1 Å². The van der Waals surface area contributed by atoms with E-state index in [0.29, 0.717) is 9.37 Å². The number of pyridine rings is 1. The number of aromatic nitrogens is 4. The van der Waals surface area contributed by atoms with E-state index in [2.05, 4.69) is 31.2 Å². The SMILES string of the molecule is CO[C@@H]1[C@@H](n2cc(-c3cc(F)c(Cl)c(F)c3)nn2)[C@@H](OC(C)=O)[C@@H](COC(C)=O)O[C@@H]1Sc1cc(Br)cnc1C#N. The topological polar surface area (TPSA) is 138 Å². The van der Waals surface area contributed by atoms with Crippen LogP contribution in [0, 0.1) is 23.0 Å². The van der Waals surface area contributed by atoms with Crippen LogP contribution in [0.15, 0.2) is 40.0 Å². The van der Waals surface area contributed by atoms with Gasteiger partial charge < -0.3 is 18.9 Å². The maximum absolute atomic E-state index is 14.2. The van der Waals surface area contributed by atoms with Crippen molar-refractivity contribution in [3.63, 3.8) is 0 Å². The first-order valence-electron chi connectivity index (χ1n) is 11.8. The second-order valence-electron chi connectivity index (χ2n) is 8.68. The van der Waals surface area contributed by atoms with Gasteiger partial charge >= 0.3 is 11.9 Å². The lowest BCUT2D eigenvalue weighted by Crippen LogP contribution is -2.57. The van der Waals surface area contributed by atoms with Crippen molar-refractivity contribution in [1.82, 2.24) is 20.0 Å². The summed E-state index contributed by atoms with van der Waals surface area (Å²) in [6.45, 7) is 2.11. The number of rotatable bonds is 8. The summed E-state index contributed by atoms with van der Waals surface area (Å²) in [5.41, 5.74) is -0.603. The van der Waals surface area contributed by atoms with E-state index in [1.165, 1.54) is 38.0 Å². The van der Waals surface area contributed by atoms with Crippen LogP contribution in [-0.2, 0) is 28.5 Å². The van der Waals surface area contributed by atoms with Gasteiger partial charge in [0.2, 0.25) is 0 Å². The first-order valence-corrected chi connectivity index (χ1v) is 13.8. The van der Waals surface area contributed by atoms with Crippen LogP contribution in [0.25, 0.3) is 11.3 Å². The van der Waals surface area contributed by atoms with E-state index < -0.39 is 58.4 Å². The fraction of sp³-hybridized carbons (Fsp3) is 0.360. The Bertz CT molecular complexity index is 1480. The summed E-state index contributed by atoms with van der Waals surface area (Å²) in [7, 11) is 1.40. The molecule has 1 saturated heterocycles. The highest BCUT2D eigenvalue weighted by Gasteiger charge is 2.50. The lowest BCUT2D eigenvalue weighted by atomic mass is 9.96. The van der Waals surface area contributed by atoms with Gasteiger partial charge in [-0.05, 0) is 34.1 Å². The van der Waals surface area contributed by atoms with Crippen LogP contribution in [0.1, 0.15) is 25.6 Å². The van der Waals surface area contributed by atoms with Crippen LogP contribution in [-0.4, -0.2) is 69.4 Å². The number of esters is 2. The Balaban J connectivity index is 1.80. The Morgan fingerprint density at radius 2 is 1.93 bits per heavy atom. The molecule has 1 aromatic carbocycles. The molecule has 0 amide bonds. The summed E-state index contributed by atoms with van der Waals surface area (Å²) in [5.74, 6) is -3.22. The molecule has 0 bridgehead atoms. The minimum absolute atomic E-state index is 0.0574. The van der Waals surface area contributed by atoms with Gasteiger partial charge in [-0.2, -0.15) is 5.26 Å². The fourth-order valence-electron chi connectivity index (χ4n) is 4.19. The average molecular weight is 673 g/mol. The molecule has 3 aromatic rings. The summed E-state index contributed by atoms with van der Waals surface area (Å²) in [6.07, 6.45) is -0.164. The van der Waals surface area contributed by atoms with E-state index >= 15 is 0 Å². The van der Waals surface area contributed by atoms with Crippen molar-refractivity contribution in [1.29, 1.82) is 5.26 Å². The number of ether oxygens (including phenoxy) is 4. The quantitative estimate of drug-likeness (QED) is 0.247. The highest BCUT2D eigenvalue weighted by molar-refractivity contribution is 9.10. The van der Waals surface area contributed by atoms with Crippen molar-refractivity contribution in [2.24, 2.45) is 0 Å². The summed E-state index contributed by atoms with van der Waals surface area (Å²) in [5, 5.41) is 17.1. The fourth-order valence-corrected chi connectivity index (χ4v) is 6.04. The van der Waals surface area contributed by atoms with Crippen LogP contribution in [0.5, 0.6) is 0 Å². The zero-order chi connectivity index (χ0) is 29.8. The summed E-state index contributed by atoms with van der Waals surface area (Å²) in [4.78, 5) is 28.4. The van der Waals surface area contributed by atoms with Gasteiger partial charge in [-0.3, -0.25) is 9.59 Å². The molecule has 1 aliphatic heterocycles. The molecular weight excluding hydrogens is 652 g/mol. The van der Waals surface area contributed by atoms with E-state index in [1.54, 1.807) is 6.07 Å². The van der Waals surface area contributed by atoms with Crippen molar-refractivity contribution < 1.29 is 37.3 Å². The van der Waals surface area contributed by atoms with Crippen LogP contribution in [0.4, 0.5) is 8.78 Å². The molecule has 0 unspecified atom stereocenters. The molecule has 1 fully saturated rings. The van der Waals surface area contributed by atoms with Gasteiger partial charge in [-0.25, -0.2) is 18.4 Å². The molecule has 2 aromatic heterocycles. The number of nitriles is 1. The van der Waals surface area contributed by atoms with E-state index in [1.807, 2.05) is 6.07 Å². The Morgan fingerprint density at radius 1 is 1.22 bits per heavy atom.